The van der Waals surface area contributed by atoms with Crippen LogP contribution in [-0.4, -0.2) is 201 Å². The molecule has 2 fully saturated rings. The number of rotatable bonds is 0. The molecule has 36 heteroatoms. The first kappa shape index (κ1) is 158. The Labute approximate surface area is 536 Å². The van der Waals surface area contributed by atoms with Gasteiger partial charge in [-0.3, -0.25) is 0 Å². The third-order valence-corrected chi connectivity index (χ3v) is 6.31. The van der Waals surface area contributed by atoms with Crippen molar-refractivity contribution in [2.24, 2.45) is 0 Å². The van der Waals surface area contributed by atoms with Gasteiger partial charge in [-0.25, -0.2) is 0 Å². The molecule has 72 heavy (non-hydrogen) atoms. The van der Waals surface area contributed by atoms with E-state index in [1.54, 1.807) is 0 Å². The molecule has 0 bridgehead atoms. The molecule has 2 aliphatic heterocycles. The van der Waals surface area contributed by atoms with Gasteiger partial charge in [-0.15, -0.1) is 0 Å². The first-order valence-electron chi connectivity index (χ1n) is 17.8. The second-order valence-electron chi connectivity index (χ2n) is 9.70. The third kappa shape index (κ3) is 267. The summed E-state index contributed by atoms with van der Waals surface area (Å²) in [6.07, 6.45) is 0. The fourth-order valence-corrected chi connectivity index (χ4v) is 4.07. The summed E-state index contributed by atoms with van der Waals surface area (Å²) in [7, 11) is 0. The summed E-state index contributed by atoms with van der Waals surface area (Å²) >= 11 is 0. The van der Waals surface area contributed by atoms with E-state index in [1.807, 2.05) is 0 Å². The molecule has 32 nitrogen and oxygen atoms in total. The van der Waals surface area contributed by atoms with Crippen LogP contribution in [0.2, 0.25) is 0 Å². The van der Waals surface area contributed by atoms with Crippen molar-refractivity contribution in [2.45, 2.75) is 0 Å². The van der Waals surface area contributed by atoms with E-state index < -0.39 is 0 Å². The monoisotopic (exact) mass is 1170 g/mol. The zero-order valence-electron chi connectivity index (χ0n) is 41.5. The third-order valence-electron chi connectivity index (χ3n) is 6.31. The van der Waals surface area contributed by atoms with E-state index in [4.69, 9.17) is 142 Å². The summed E-state index contributed by atoms with van der Waals surface area (Å²) in [4.78, 5) is 0. The van der Waals surface area contributed by atoms with Crippen molar-refractivity contribution in [1.29, 1.82) is 63.1 Å². The van der Waals surface area contributed by atoms with Crippen LogP contribution >= 0.6 is 0 Å². The maximum atomic E-state index is 6.25. The Bertz CT molecular complexity index is 636. The maximum Gasteiger partial charge on any atom is 2.00 e. The predicted molar refractivity (Wildman–Crippen MR) is 236 cm³/mol. The minimum Gasteiger partial charge on any atom is -0.512 e. The van der Waals surface area contributed by atoms with Crippen LogP contribution in [0.3, 0.4) is 0 Å². The Morgan fingerprint density at radius 1 is 0.181 bits per heavy atom. The van der Waals surface area contributed by atoms with Gasteiger partial charge in [0, 0.05) is 78.5 Å². The zero-order chi connectivity index (χ0) is 49.5. The maximum absolute atomic E-state index is 6.25. The van der Waals surface area contributed by atoms with E-state index in [-0.39, 0.29) is 180 Å². The van der Waals surface area contributed by atoms with E-state index in [0.717, 1.165) is 78.5 Å². The normalized spacial score (nSPS) is 12.3. The van der Waals surface area contributed by atoms with Gasteiger partial charge in [0.1, 0.15) is 26.2 Å². The summed E-state index contributed by atoms with van der Waals surface area (Å²) in [5.41, 5.74) is 0. The molecule has 2 rings (SSSR count). The van der Waals surface area contributed by atoms with Crippen LogP contribution in [0, 0.1) is 142 Å². The molecule has 0 aromatic heterocycles. The summed E-state index contributed by atoms with van der Waals surface area (Å²) in [6.45, 7) is 84.8. The van der Waals surface area contributed by atoms with E-state index in [0.29, 0.717) is 0 Å². The van der Waals surface area contributed by atoms with Crippen LogP contribution in [0.15, 0.2) is 0 Å². The summed E-state index contributed by atoms with van der Waals surface area (Å²) < 4.78 is 0. The molecular weight excluding hydrogens is 1090 g/mol. The zero-order valence-corrected chi connectivity index (χ0v) is 49.8. The molecule has 0 aromatic carbocycles. The van der Waals surface area contributed by atoms with Gasteiger partial charge in [0.15, 0.2) is 0 Å². The fraction of sp³-hybridized carbons (Fsp3) is 0.667. The van der Waals surface area contributed by atoms with Crippen molar-refractivity contribution >= 4 is 0 Å². The number of hydrogen-bond donors (Lipinski definition) is 12. The molecule has 2 saturated heterocycles. The summed E-state index contributed by atoms with van der Waals surface area (Å²) in [5.74, 6) is 0. The molecule has 0 amide bonds. The topological polar surface area (TPSA) is 709 Å². The van der Waals surface area contributed by atoms with Crippen LogP contribution in [0.25, 0.3) is 0 Å². The second-order valence-corrected chi connectivity index (χ2v) is 9.70. The predicted octanol–water partition coefficient (Wildman–Crippen LogP) is -22.5. The minimum atomic E-state index is 0. The molecule has 2 aliphatic rings. The molecule has 0 saturated carbocycles. The molecule has 0 atom stereocenters. The quantitative estimate of drug-likeness (QED) is 0.0791. The van der Waals surface area contributed by atoms with Gasteiger partial charge in [0.05, 0.1) is 52.4 Å². The standard InChI is InChI=1S/2C12H30N6.12CN.2Co.2K.8H2O/c2*1-2-14-5-6-16-9-10-18-12-11-17-8-7-15-4-3-13-1;12*1-2;;;;;;;;;;;;/h2*13-18H,1-12H2;;;;;;;;;;;;;;;;;8*1H2/q;;12*-1;2*+2;2*+1;;;;;;;;/p+6. The smallest absolute Gasteiger partial charge is 0.512 e. The van der Waals surface area contributed by atoms with Gasteiger partial charge in [-0.1, -0.05) is 0 Å². The molecule has 0 aromatic rings. The largest absolute Gasteiger partial charge is 2.00 e. The fourth-order valence-electron chi connectivity index (χ4n) is 4.07. The van der Waals surface area contributed by atoms with Crippen molar-refractivity contribution in [3.63, 3.8) is 0 Å². The summed E-state index contributed by atoms with van der Waals surface area (Å²) in [6, 6.07) is 0. The Morgan fingerprint density at radius 3 is 0.375 bits per heavy atom. The number of hydrogen-bond acceptors (Lipinski definition) is 18. The first-order chi connectivity index (χ1) is 30.0. The van der Waals surface area contributed by atoms with E-state index in [2.05, 4.69) is 63.8 Å². The van der Waals surface area contributed by atoms with Gasteiger partial charge in [-0.05, 0) is 0 Å². The molecular formula is C36H82Co2K2N24O8. The van der Waals surface area contributed by atoms with Crippen molar-refractivity contribution in [1.82, 2.24) is 31.9 Å². The van der Waals surface area contributed by atoms with Crippen LogP contribution in [0.1, 0.15) is 0 Å². The van der Waals surface area contributed by atoms with Gasteiger partial charge in [0.2, 0.25) is 0 Å². The Morgan fingerprint density at radius 2 is 0.264 bits per heavy atom. The Balaban J connectivity index is -0.0000000183. The number of nitrogens with one attached hydrogen (secondary N) is 6. The van der Waals surface area contributed by atoms with Crippen molar-refractivity contribution in [2.75, 3.05) is 157 Å². The van der Waals surface area contributed by atoms with Gasteiger partial charge in [-0.2, -0.15) is 0 Å². The Hall–Kier alpha value is -2.63. The number of nitrogens with zero attached hydrogens (tertiary/aromatic N) is 12. The summed E-state index contributed by atoms with van der Waals surface area (Å²) in [5, 5.41) is 110. The van der Waals surface area contributed by atoms with Crippen molar-refractivity contribution < 1.29 is 212 Å². The molecule has 0 unspecified atom stereocenters. The molecule has 414 valence electrons. The average Bonchev–Trinajstić information content (AvgIpc) is 3.37. The molecule has 2 radical (unpaired) electrons. The van der Waals surface area contributed by atoms with Crippen molar-refractivity contribution in [3.8, 4) is 0 Å². The second kappa shape index (κ2) is 279. The Kier molecular flexibility index (Phi) is 610. The molecule has 34 N–H and O–H groups in total. The van der Waals surface area contributed by atoms with Crippen LogP contribution in [0.5, 0.6) is 0 Å². The van der Waals surface area contributed by atoms with Gasteiger partial charge in [0.25, 0.3) is 0 Å². The van der Waals surface area contributed by atoms with E-state index >= 15 is 0 Å². The van der Waals surface area contributed by atoms with Gasteiger partial charge < -0.3 is 250 Å². The molecule has 0 spiro atoms. The minimum absolute atomic E-state index is 0. The van der Waals surface area contributed by atoms with Gasteiger partial charge >= 0.3 is 136 Å². The number of nitrogens with two attached hydrogens (primary N) is 6. The van der Waals surface area contributed by atoms with Crippen LogP contribution in [0.4, 0.5) is 0 Å². The van der Waals surface area contributed by atoms with Crippen LogP contribution < -0.4 is 167 Å². The SMILES string of the molecule is C1CNCC[NH2+]CCNCCNCC[NH2+]CCN1.C1C[NH2+]CC[NH2+]CCNCC[NH2+]CC[NH2+]CCN1.O.O.O.O.O.O.O.O.[C-]#N.[C-]#N.[C-]#N.[C-]#N.[C-]#N.[C-]#N.[C-]#N.[C-]#N.[C-]#N.[C-]#N.[C-]#N.[C-]#N.[Co+2].[Co+2].[K+].[K+]. The van der Waals surface area contributed by atoms with Crippen molar-refractivity contribution in [3.05, 3.63) is 78.9 Å². The number of quaternary nitrogens is 6. The first-order valence-corrected chi connectivity index (χ1v) is 17.8. The van der Waals surface area contributed by atoms with E-state index in [1.165, 1.54) is 78.5 Å². The average molecular weight is 1180 g/mol. The van der Waals surface area contributed by atoms with Crippen LogP contribution in [-0.2, 0) is 33.6 Å². The molecule has 0 aliphatic carbocycles. The molecule has 2 heterocycles. The van der Waals surface area contributed by atoms with E-state index in [9.17, 15) is 0 Å².